The van der Waals surface area contributed by atoms with Gasteiger partial charge in [-0.05, 0) is 41.8 Å². The van der Waals surface area contributed by atoms with E-state index in [0.29, 0.717) is 17.7 Å². The Bertz CT molecular complexity index is 485. The van der Waals surface area contributed by atoms with E-state index < -0.39 is 0 Å². The van der Waals surface area contributed by atoms with E-state index in [0.717, 1.165) is 5.56 Å². The standard InChI is InChI=1S/C12H14FN3O/c13-9-1-2-11(14)10(6-9)12(16-15)5-8-3-4-17-7-8/h1-4,6-7,12,16H,5,14-15H2. The highest BCUT2D eigenvalue weighted by Gasteiger charge is 2.15. The molecular weight excluding hydrogens is 221 g/mol. The SMILES string of the molecule is NNC(Cc1ccoc1)c1cc(F)ccc1N. The van der Waals surface area contributed by atoms with Crippen LogP contribution in [0.3, 0.4) is 0 Å². The van der Waals surface area contributed by atoms with Crippen molar-refractivity contribution >= 4 is 5.69 Å². The first-order valence-electron chi connectivity index (χ1n) is 5.23. The highest BCUT2D eigenvalue weighted by Crippen LogP contribution is 2.24. The first-order valence-corrected chi connectivity index (χ1v) is 5.23. The Kier molecular flexibility index (Phi) is 3.41. The molecule has 90 valence electrons. The Hall–Kier alpha value is -1.85. The van der Waals surface area contributed by atoms with Crippen LogP contribution in [0.1, 0.15) is 17.2 Å². The summed E-state index contributed by atoms with van der Waals surface area (Å²) in [5.41, 5.74) is 10.6. The van der Waals surface area contributed by atoms with Crippen molar-refractivity contribution in [3.8, 4) is 0 Å². The van der Waals surface area contributed by atoms with E-state index >= 15 is 0 Å². The van der Waals surface area contributed by atoms with E-state index in [1.165, 1.54) is 18.2 Å². The van der Waals surface area contributed by atoms with Crippen molar-refractivity contribution in [1.29, 1.82) is 0 Å². The fourth-order valence-corrected chi connectivity index (χ4v) is 1.75. The zero-order valence-electron chi connectivity index (χ0n) is 9.19. The van der Waals surface area contributed by atoms with Gasteiger partial charge in [-0.2, -0.15) is 0 Å². The van der Waals surface area contributed by atoms with Gasteiger partial charge in [0.1, 0.15) is 5.82 Å². The normalized spacial score (nSPS) is 12.6. The minimum Gasteiger partial charge on any atom is -0.472 e. The number of rotatable bonds is 4. The van der Waals surface area contributed by atoms with E-state index in [4.69, 9.17) is 16.0 Å². The predicted molar refractivity (Wildman–Crippen MR) is 63.3 cm³/mol. The molecule has 2 aromatic rings. The summed E-state index contributed by atoms with van der Waals surface area (Å²) in [6.07, 6.45) is 3.79. The lowest BCUT2D eigenvalue weighted by Gasteiger charge is -2.17. The molecule has 1 aromatic carbocycles. The van der Waals surface area contributed by atoms with Crippen molar-refractivity contribution in [2.24, 2.45) is 5.84 Å². The molecule has 0 aliphatic carbocycles. The molecule has 0 amide bonds. The summed E-state index contributed by atoms with van der Waals surface area (Å²) in [6, 6.07) is 5.83. The van der Waals surface area contributed by atoms with Gasteiger partial charge in [-0.25, -0.2) is 4.39 Å². The monoisotopic (exact) mass is 235 g/mol. The average Bonchev–Trinajstić information content (AvgIpc) is 2.82. The van der Waals surface area contributed by atoms with Crippen molar-refractivity contribution in [1.82, 2.24) is 5.43 Å². The predicted octanol–water partition coefficient (Wildman–Crippen LogP) is 1.75. The van der Waals surface area contributed by atoms with Crippen molar-refractivity contribution in [3.63, 3.8) is 0 Å². The van der Waals surface area contributed by atoms with Crippen LogP contribution < -0.4 is 17.0 Å². The van der Waals surface area contributed by atoms with Crippen LogP contribution in [0.5, 0.6) is 0 Å². The Morgan fingerprint density at radius 1 is 1.35 bits per heavy atom. The summed E-state index contributed by atoms with van der Waals surface area (Å²) in [5.74, 6) is 5.15. The molecule has 1 atom stereocenters. The molecule has 0 aliphatic heterocycles. The molecular formula is C12H14FN3O. The van der Waals surface area contributed by atoms with Crippen LogP contribution in [-0.4, -0.2) is 0 Å². The van der Waals surface area contributed by atoms with E-state index in [1.807, 2.05) is 6.07 Å². The number of nitrogen functional groups attached to an aromatic ring is 1. The molecule has 1 unspecified atom stereocenters. The van der Waals surface area contributed by atoms with Gasteiger partial charge in [0.15, 0.2) is 0 Å². The second kappa shape index (κ2) is 4.99. The fraction of sp³-hybridized carbons (Fsp3) is 0.167. The molecule has 0 bridgehead atoms. The third kappa shape index (κ3) is 2.64. The molecule has 1 aromatic heterocycles. The van der Waals surface area contributed by atoms with Gasteiger partial charge in [-0.3, -0.25) is 11.3 Å². The first kappa shape index (κ1) is 11.6. The quantitative estimate of drug-likeness (QED) is 0.428. The number of hydrazine groups is 1. The molecule has 5 heteroatoms. The van der Waals surface area contributed by atoms with Gasteiger partial charge in [0.2, 0.25) is 0 Å². The smallest absolute Gasteiger partial charge is 0.123 e. The van der Waals surface area contributed by atoms with Crippen LogP contribution in [-0.2, 0) is 6.42 Å². The molecule has 0 saturated heterocycles. The Morgan fingerprint density at radius 3 is 2.82 bits per heavy atom. The van der Waals surface area contributed by atoms with Gasteiger partial charge in [0.05, 0.1) is 18.6 Å². The van der Waals surface area contributed by atoms with Gasteiger partial charge in [0, 0.05) is 5.69 Å². The second-order valence-corrected chi connectivity index (χ2v) is 3.83. The Morgan fingerprint density at radius 2 is 2.18 bits per heavy atom. The number of nitrogens with two attached hydrogens (primary N) is 2. The van der Waals surface area contributed by atoms with Crippen LogP contribution in [0.15, 0.2) is 41.2 Å². The first-order chi connectivity index (χ1) is 8.20. The third-order valence-corrected chi connectivity index (χ3v) is 2.65. The maximum atomic E-state index is 13.2. The molecule has 5 N–H and O–H groups in total. The zero-order chi connectivity index (χ0) is 12.3. The number of hydrogen-bond donors (Lipinski definition) is 3. The highest BCUT2D eigenvalue weighted by molar-refractivity contribution is 5.48. The van der Waals surface area contributed by atoms with Crippen LogP contribution >= 0.6 is 0 Å². The summed E-state index contributed by atoms with van der Waals surface area (Å²) in [4.78, 5) is 0. The number of anilines is 1. The zero-order valence-corrected chi connectivity index (χ0v) is 9.19. The molecule has 17 heavy (non-hydrogen) atoms. The molecule has 4 nitrogen and oxygen atoms in total. The maximum absolute atomic E-state index is 13.2. The number of benzene rings is 1. The molecule has 0 radical (unpaired) electrons. The topological polar surface area (TPSA) is 77.2 Å². The summed E-state index contributed by atoms with van der Waals surface area (Å²) in [6.45, 7) is 0. The van der Waals surface area contributed by atoms with Crippen LogP contribution in [0.2, 0.25) is 0 Å². The molecule has 0 saturated carbocycles. The van der Waals surface area contributed by atoms with E-state index in [-0.39, 0.29) is 11.9 Å². The van der Waals surface area contributed by atoms with Gasteiger partial charge >= 0.3 is 0 Å². The Balaban J connectivity index is 2.25. The molecule has 1 heterocycles. The lowest BCUT2D eigenvalue weighted by atomic mass is 9.99. The highest BCUT2D eigenvalue weighted by atomic mass is 19.1. The van der Waals surface area contributed by atoms with Gasteiger partial charge in [-0.1, -0.05) is 0 Å². The number of halogens is 1. The van der Waals surface area contributed by atoms with Crippen LogP contribution in [0.25, 0.3) is 0 Å². The van der Waals surface area contributed by atoms with E-state index in [9.17, 15) is 4.39 Å². The maximum Gasteiger partial charge on any atom is 0.123 e. The van der Waals surface area contributed by atoms with Crippen molar-refractivity contribution in [2.45, 2.75) is 12.5 Å². The van der Waals surface area contributed by atoms with Crippen molar-refractivity contribution in [2.75, 3.05) is 5.73 Å². The number of nitrogens with one attached hydrogen (secondary N) is 1. The lowest BCUT2D eigenvalue weighted by Crippen LogP contribution is -2.30. The van der Waals surface area contributed by atoms with Crippen molar-refractivity contribution in [3.05, 3.63) is 53.7 Å². The number of hydrogen-bond acceptors (Lipinski definition) is 4. The van der Waals surface area contributed by atoms with E-state index in [2.05, 4.69) is 5.43 Å². The average molecular weight is 235 g/mol. The van der Waals surface area contributed by atoms with Crippen LogP contribution in [0, 0.1) is 5.82 Å². The largest absolute Gasteiger partial charge is 0.472 e. The Labute approximate surface area is 98.4 Å². The lowest BCUT2D eigenvalue weighted by molar-refractivity contribution is 0.533. The minimum atomic E-state index is -0.332. The summed E-state index contributed by atoms with van der Waals surface area (Å²) >= 11 is 0. The summed E-state index contributed by atoms with van der Waals surface area (Å²) in [5, 5.41) is 0. The third-order valence-electron chi connectivity index (χ3n) is 2.65. The number of furan rings is 1. The minimum absolute atomic E-state index is 0.247. The van der Waals surface area contributed by atoms with E-state index in [1.54, 1.807) is 12.5 Å². The molecule has 0 fully saturated rings. The molecule has 0 aliphatic rings. The second-order valence-electron chi connectivity index (χ2n) is 3.83. The summed E-state index contributed by atoms with van der Waals surface area (Å²) < 4.78 is 18.2. The van der Waals surface area contributed by atoms with Gasteiger partial charge < -0.3 is 10.2 Å². The molecule has 2 rings (SSSR count). The van der Waals surface area contributed by atoms with Crippen LogP contribution in [0.4, 0.5) is 10.1 Å². The molecule has 0 spiro atoms. The summed E-state index contributed by atoms with van der Waals surface area (Å²) in [7, 11) is 0. The van der Waals surface area contributed by atoms with Crippen molar-refractivity contribution < 1.29 is 8.81 Å². The van der Waals surface area contributed by atoms with Gasteiger partial charge in [0.25, 0.3) is 0 Å². The van der Waals surface area contributed by atoms with Gasteiger partial charge in [-0.15, -0.1) is 0 Å². The fourth-order valence-electron chi connectivity index (χ4n) is 1.75.